The summed E-state index contributed by atoms with van der Waals surface area (Å²) in [4.78, 5) is 84.8. The van der Waals surface area contributed by atoms with Crippen molar-refractivity contribution >= 4 is 46.8 Å². The van der Waals surface area contributed by atoms with Gasteiger partial charge in [0.15, 0.2) is 0 Å². The van der Waals surface area contributed by atoms with Gasteiger partial charge >= 0.3 is 18.0 Å². The zero-order chi connectivity index (χ0) is 55.2. The lowest BCUT2D eigenvalue weighted by molar-refractivity contribution is -0.177. The van der Waals surface area contributed by atoms with E-state index in [0.717, 1.165) is 21.7 Å². The number of benzene rings is 6. The normalized spacial score (nSPS) is 21.9. The van der Waals surface area contributed by atoms with E-state index in [4.69, 9.17) is 18.9 Å². The number of aliphatic hydroxyl groups excluding tert-OH is 1. The molecule has 16 heteroatoms. The highest BCUT2D eigenvalue weighted by Crippen LogP contribution is 2.66. The van der Waals surface area contributed by atoms with Gasteiger partial charge in [0, 0.05) is 36.6 Å². The number of rotatable bonds is 15. The molecule has 3 saturated heterocycles. The molecule has 0 radical (unpaired) electrons. The lowest BCUT2D eigenvalue weighted by atomic mass is 9.65. The van der Waals surface area contributed by atoms with Gasteiger partial charge in [0.2, 0.25) is 11.8 Å². The van der Waals surface area contributed by atoms with Gasteiger partial charge in [-0.25, -0.2) is 14.5 Å². The number of aliphatic hydroxyl groups is 1. The molecule has 6 aromatic carbocycles. The van der Waals surface area contributed by atoms with Gasteiger partial charge in [-0.15, -0.1) is 0 Å². The number of hydrogen-bond acceptors (Lipinski definition) is 13. The van der Waals surface area contributed by atoms with E-state index in [0.29, 0.717) is 67.5 Å². The Labute approximate surface area is 460 Å². The lowest BCUT2D eigenvalue weighted by Crippen LogP contribution is -2.57. The average molecular weight is 1070 g/mol. The van der Waals surface area contributed by atoms with Crippen molar-refractivity contribution in [3.63, 3.8) is 0 Å². The number of imide groups is 1. The Hall–Kier alpha value is -8.33. The standard InChI is InChI=1S/C63H64N6O10/c1-41(2)53(59(72)76-4)65-62(75)68-51-30-25-42(18-15-31-66(3)40-43-16-8-5-9-17-43)38-50(51)63(61(68)74)52(58(71)64-47-26-28-48(29-27-47)67-32-35-77-36-33-67)55-60(73)79-56(45-21-12-7-13-22-45)54(44-19-10-6-11-20-44)69(55)57(63)46-23-14-24-49(39-46)78-37-34-70/h5-14,16-17,19-30,38-39,41,52-57,70H,31-37,40H2,1-4H3,(H,64,71)(H,65,75)/t52-,53+,54-,55-,56+,57+,63-/m1/s1. The van der Waals surface area contributed by atoms with Crippen LogP contribution in [0.2, 0.25) is 0 Å². The summed E-state index contributed by atoms with van der Waals surface area (Å²) in [7, 11) is 3.19. The van der Waals surface area contributed by atoms with Crippen molar-refractivity contribution in [3.8, 4) is 17.6 Å². The maximum atomic E-state index is 16.9. The van der Waals surface area contributed by atoms with Gasteiger partial charge in [-0.2, -0.15) is 0 Å². The lowest BCUT2D eigenvalue weighted by Gasteiger charge is -2.46. The van der Waals surface area contributed by atoms with E-state index in [2.05, 4.69) is 32.3 Å². The zero-order valence-corrected chi connectivity index (χ0v) is 44.6. The molecular formula is C63H64N6O10. The van der Waals surface area contributed by atoms with Crippen LogP contribution in [0.15, 0.2) is 158 Å². The minimum Gasteiger partial charge on any atom is -0.491 e. The first-order chi connectivity index (χ1) is 38.4. The molecule has 3 N–H and O–H groups in total. The number of hydrogen-bond donors (Lipinski definition) is 3. The van der Waals surface area contributed by atoms with Gasteiger partial charge in [0.25, 0.3) is 0 Å². The van der Waals surface area contributed by atoms with E-state index in [1.165, 1.54) is 7.11 Å². The number of carbonyl (C=O) groups excluding carboxylic acids is 5. The van der Waals surface area contributed by atoms with Crippen LogP contribution in [0.5, 0.6) is 5.75 Å². The summed E-state index contributed by atoms with van der Waals surface area (Å²) in [6.07, 6.45) is -0.970. The number of amides is 4. The summed E-state index contributed by atoms with van der Waals surface area (Å²) < 4.78 is 23.5. The van der Waals surface area contributed by atoms with Gasteiger partial charge in [0.05, 0.1) is 57.2 Å². The molecule has 0 aromatic heterocycles. The number of cyclic esters (lactones) is 1. The molecular weight excluding hydrogens is 1000 g/mol. The summed E-state index contributed by atoms with van der Waals surface area (Å²) in [6, 6.07) is 42.7. The molecule has 79 heavy (non-hydrogen) atoms. The van der Waals surface area contributed by atoms with Gasteiger partial charge < -0.3 is 39.6 Å². The van der Waals surface area contributed by atoms with Crippen molar-refractivity contribution in [3.05, 3.63) is 191 Å². The third-order valence-corrected chi connectivity index (χ3v) is 15.3. The number of ether oxygens (including phenoxy) is 4. The molecule has 6 aromatic rings. The molecule has 4 amide bonds. The van der Waals surface area contributed by atoms with E-state index < -0.39 is 77.3 Å². The first kappa shape index (κ1) is 54.0. The van der Waals surface area contributed by atoms with Gasteiger partial charge in [-0.05, 0) is 95.4 Å². The Bertz CT molecular complexity index is 3240. The predicted octanol–water partition coefficient (Wildman–Crippen LogP) is 7.59. The van der Waals surface area contributed by atoms with Gasteiger partial charge in [-0.3, -0.25) is 24.2 Å². The van der Waals surface area contributed by atoms with E-state index in [1.807, 2.05) is 121 Å². The van der Waals surface area contributed by atoms with Crippen molar-refractivity contribution in [1.82, 2.24) is 15.1 Å². The molecule has 406 valence electrons. The Morgan fingerprint density at radius 1 is 0.810 bits per heavy atom. The molecule has 3 fully saturated rings. The summed E-state index contributed by atoms with van der Waals surface area (Å²) in [5.41, 5.74) is 2.98. The fourth-order valence-electron chi connectivity index (χ4n) is 11.8. The Morgan fingerprint density at radius 2 is 1.48 bits per heavy atom. The van der Waals surface area contributed by atoms with Crippen LogP contribution in [0.3, 0.4) is 0 Å². The number of esters is 2. The number of carbonyl (C=O) groups is 5. The average Bonchev–Trinajstić information content (AvgIpc) is 2.39. The quantitative estimate of drug-likeness (QED) is 0.0678. The maximum absolute atomic E-state index is 16.9. The summed E-state index contributed by atoms with van der Waals surface area (Å²) in [5, 5.41) is 15.9. The largest absolute Gasteiger partial charge is 0.491 e. The molecule has 1 spiro atoms. The molecule has 4 aliphatic heterocycles. The van der Waals surface area contributed by atoms with Crippen LogP contribution in [0.4, 0.5) is 21.9 Å². The predicted molar refractivity (Wildman–Crippen MR) is 298 cm³/mol. The maximum Gasteiger partial charge on any atom is 0.329 e. The molecule has 4 aliphatic rings. The number of urea groups is 1. The third kappa shape index (κ3) is 10.7. The zero-order valence-electron chi connectivity index (χ0n) is 44.6. The number of fused-ring (bicyclic) bond motifs is 3. The summed E-state index contributed by atoms with van der Waals surface area (Å²) in [5.74, 6) is 1.86. The fourth-order valence-corrected chi connectivity index (χ4v) is 11.8. The van der Waals surface area contributed by atoms with Crippen LogP contribution < -0.4 is 25.2 Å². The van der Waals surface area contributed by atoms with Crippen molar-refractivity contribution in [1.29, 1.82) is 0 Å². The van der Waals surface area contributed by atoms with E-state index in [-0.39, 0.29) is 24.5 Å². The van der Waals surface area contributed by atoms with E-state index in [1.54, 1.807) is 62.4 Å². The first-order valence-electron chi connectivity index (χ1n) is 26.7. The fraction of sp³-hybridized carbons (Fsp3) is 0.317. The molecule has 0 bridgehead atoms. The monoisotopic (exact) mass is 1060 g/mol. The van der Waals surface area contributed by atoms with Crippen molar-refractivity contribution in [2.24, 2.45) is 11.8 Å². The van der Waals surface area contributed by atoms with Crippen LogP contribution in [-0.2, 0) is 45.3 Å². The van der Waals surface area contributed by atoms with E-state index in [9.17, 15) is 9.90 Å². The summed E-state index contributed by atoms with van der Waals surface area (Å²) in [6.45, 7) is 6.70. The molecule has 16 nitrogen and oxygen atoms in total. The number of methoxy groups -OCH3 is 1. The minimum absolute atomic E-state index is 0.0501. The first-order valence-corrected chi connectivity index (χ1v) is 26.7. The van der Waals surface area contributed by atoms with Gasteiger partial charge in [0.1, 0.15) is 36.0 Å². The minimum atomic E-state index is -2.15. The topological polar surface area (TPSA) is 180 Å². The second-order valence-electron chi connectivity index (χ2n) is 20.6. The number of morpholine rings is 2. The van der Waals surface area contributed by atoms with Crippen LogP contribution in [0.25, 0.3) is 0 Å². The van der Waals surface area contributed by atoms with Gasteiger partial charge in [-0.1, -0.05) is 129 Å². The SMILES string of the molecule is COC(=O)[C@@H](NC(=O)N1C(=O)[C@@]2(c3cc(C#CCN(C)Cc4ccccc4)ccc31)[C@H](c1cccc(OCCO)c1)N1[C@H](c3ccccc3)[C@H](c3ccccc3)OC(=O)[C@H]1[C@@H]2C(=O)Nc1ccc(N2CCOCC2)cc1)C(C)C. The Balaban J connectivity index is 1.22. The van der Waals surface area contributed by atoms with Crippen LogP contribution in [0.1, 0.15) is 65.4 Å². The molecule has 0 aliphatic carbocycles. The van der Waals surface area contributed by atoms with Crippen molar-refractivity contribution in [2.75, 3.05) is 75.3 Å². The van der Waals surface area contributed by atoms with Crippen LogP contribution in [0, 0.1) is 23.7 Å². The summed E-state index contributed by atoms with van der Waals surface area (Å²) >= 11 is 0. The second-order valence-corrected chi connectivity index (χ2v) is 20.6. The smallest absolute Gasteiger partial charge is 0.329 e. The molecule has 0 saturated carbocycles. The van der Waals surface area contributed by atoms with Crippen LogP contribution in [-0.4, -0.2) is 117 Å². The third-order valence-electron chi connectivity index (χ3n) is 15.3. The Morgan fingerprint density at radius 3 is 2.15 bits per heavy atom. The van der Waals surface area contributed by atoms with Crippen LogP contribution >= 0.6 is 0 Å². The van der Waals surface area contributed by atoms with Crippen molar-refractivity contribution in [2.45, 2.75) is 56.1 Å². The van der Waals surface area contributed by atoms with Crippen molar-refractivity contribution < 1.29 is 48.0 Å². The molecule has 10 rings (SSSR count). The molecule has 7 atom stereocenters. The highest BCUT2D eigenvalue weighted by atomic mass is 16.6. The van der Waals surface area contributed by atoms with E-state index >= 15 is 19.2 Å². The molecule has 4 heterocycles. The number of nitrogens with zero attached hydrogens (tertiary/aromatic N) is 4. The molecule has 0 unspecified atom stereocenters. The number of anilines is 3. The Kier molecular flexibility index (Phi) is 16.2. The highest BCUT2D eigenvalue weighted by Gasteiger charge is 2.75. The number of nitrogens with one attached hydrogen (secondary N) is 2. The highest BCUT2D eigenvalue weighted by molar-refractivity contribution is 6.25. The second kappa shape index (κ2) is 23.7.